The van der Waals surface area contributed by atoms with Crippen molar-refractivity contribution >= 4 is 11.9 Å². The highest BCUT2D eigenvalue weighted by Gasteiger charge is 2.06. The van der Waals surface area contributed by atoms with E-state index in [4.69, 9.17) is 0 Å². The van der Waals surface area contributed by atoms with Gasteiger partial charge < -0.3 is 4.90 Å². The van der Waals surface area contributed by atoms with Crippen LogP contribution in [0.2, 0.25) is 0 Å². The van der Waals surface area contributed by atoms with Gasteiger partial charge in [-0.25, -0.2) is 0 Å². The van der Waals surface area contributed by atoms with Crippen LogP contribution in [0, 0.1) is 0 Å². The maximum Gasteiger partial charge on any atom is 0.229 e. The Hall–Kier alpha value is -1.41. The summed E-state index contributed by atoms with van der Waals surface area (Å²) in [7, 11) is 3.97. The van der Waals surface area contributed by atoms with Crippen molar-refractivity contribution < 1.29 is 4.79 Å². The van der Waals surface area contributed by atoms with Crippen molar-refractivity contribution in [3.8, 4) is 0 Å². The van der Waals surface area contributed by atoms with Gasteiger partial charge in [-0.3, -0.25) is 4.79 Å². The van der Waals surface area contributed by atoms with Crippen molar-refractivity contribution in [3.05, 3.63) is 41.5 Å². The number of likely N-dealkylation sites (N-methyl/N-ethyl adjacent to an activating group) is 1. The van der Waals surface area contributed by atoms with E-state index in [1.807, 2.05) is 55.6 Å². The average molecular weight is 202 g/mol. The van der Waals surface area contributed by atoms with E-state index in [9.17, 15) is 4.79 Å². The third-order valence-electron chi connectivity index (χ3n) is 2.20. The Morgan fingerprint density at radius 2 is 1.87 bits per heavy atom. The minimum Gasteiger partial charge on any atom is -0.305 e. The van der Waals surface area contributed by atoms with Crippen molar-refractivity contribution in [3.63, 3.8) is 0 Å². The molecule has 15 heavy (non-hydrogen) atoms. The molecule has 0 aliphatic carbocycles. The highest BCUT2D eigenvalue weighted by molar-refractivity contribution is 5.88. The lowest BCUT2D eigenvalue weighted by atomic mass is 10.0. The van der Waals surface area contributed by atoms with Gasteiger partial charge in [-0.1, -0.05) is 30.3 Å². The Morgan fingerprint density at radius 1 is 1.27 bits per heavy atom. The summed E-state index contributed by atoms with van der Waals surface area (Å²) in [5, 5.41) is 0. The van der Waals surface area contributed by atoms with Crippen molar-refractivity contribution in [2.24, 2.45) is 0 Å². The highest BCUT2D eigenvalue weighted by atomic mass is 16.1. The molecule has 0 heterocycles. The van der Waals surface area contributed by atoms with Crippen LogP contribution in [0.3, 0.4) is 0 Å². The first-order valence-corrected chi connectivity index (χ1v) is 4.93. The molecule has 0 bridgehead atoms. The summed E-state index contributed by atoms with van der Waals surface area (Å²) in [4.78, 5) is 12.7. The van der Waals surface area contributed by atoms with E-state index in [2.05, 4.69) is 0 Å². The van der Waals surface area contributed by atoms with Gasteiger partial charge in [0.05, 0.1) is 0 Å². The molecule has 0 spiro atoms. The number of hydrogen-bond acceptors (Lipinski definition) is 2. The molecule has 0 aromatic heterocycles. The Bertz CT molecular complexity index is 352. The summed E-state index contributed by atoms with van der Waals surface area (Å²) >= 11 is 0. The van der Waals surface area contributed by atoms with E-state index >= 15 is 0 Å². The minimum absolute atomic E-state index is 0.676. The third-order valence-corrected chi connectivity index (χ3v) is 2.20. The van der Waals surface area contributed by atoms with Crippen LogP contribution in [-0.2, 0) is 4.79 Å². The molecule has 0 saturated carbocycles. The second kappa shape index (κ2) is 5.47. The smallest absolute Gasteiger partial charge is 0.229 e. The maximum atomic E-state index is 10.7. The second-order valence-electron chi connectivity index (χ2n) is 3.81. The molecule has 2 nitrogen and oxygen atoms in total. The van der Waals surface area contributed by atoms with Gasteiger partial charge in [0.25, 0.3) is 0 Å². The maximum absolute atomic E-state index is 10.7. The molecule has 0 saturated heterocycles. The van der Waals surface area contributed by atoms with Crippen LogP contribution in [0.25, 0.3) is 5.57 Å². The molecule has 0 aliphatic rings. The van der Waals surface area contributed by atoms with Gasteiger partial charge in [-0.05, 0) is 32.2 Å². The number of hydrogen-bond donors (Lipinski definition) is 0. The second-order valence-corrected chi connectivity index (χ2v) is 3.81. The lowest BCUT2D eigenvalue weighted by Gasteiger charge is -2.14. The van der Waals surface area contributed by atoms with Gasteiger partial charge in [0.1, 0.15) is 0 Å². The molecule has 0 fully saturated rings. The van der Waals surface area contributed by atoms with Crippen LogP contribution < -0.4 is 0 Å². The Labute approximate surface area is 91.2 Å². The first kappa shape index (κ1) is 11.7. The third kappa shape index (κ3) is 3.33. The lowest BCUT2D eigenvalue weighted by molar-refractivity contribution is 0.462. The predicted octanol–water partition coefficient (Wildman–Crippen LogP) is 2.13. The van der Waals surface area contributed by atoms with E-state index in [0.717, 1.165) is 17.7 Å². The largest absolute Gasteiger partial charge is 0.305 e. The Morgan fingerprint density at radius 3 is 2.33 bits per heavy atom. The first-order valence-electron chi connectivity index (χ1n) is 4.93. The zero-order valence-electron chi connectivity index (χ0n) is 9.45. The molecular weight excluding hydrogens is 186 g/mol. The van der Waals surface area contributed by atoms with Crippen LogP contribution in [0.1, 0.15) is 12.5 Å². The van der Waals surface area contributed by atoms with Crippen molar-refractivity contribution in [2.45, 2.75) is 6.92 Å². The average Bonchev–Trinajstić information content (AvgIpc) is 2.26. The normalized spacial score (nSPS) is 12.5. The number of benzene rings is 1. The molecule has 2 heteroatoms. The molecule has 0 unspecified atom stereocenters. The van der Waals surface area contributed by atoms with E-state index in [1.165, 1.54) is 0 Å². The highest BCUT2D eigenvalue weighted by Crippen LogP contribution is 2.18. The van der Waals surface area contributed by atoms with Gasteiger partial charge in [-0.15, -0.1) is 0 Å². The van der Waals surface area contributed by atoms with Crippen molar-refractivity contribution in [1.82, 2.24) is 4.90 Å². The molecular formula is C13H16NO. The fraction of sp³-hybridized carbons (Fsp3) is 0.308. The standard InChI is InChI=1S/C13H16NO/c1-11(10-15)13(9-14(2)3)12-7-5-4-6-8-12/h4-8H,9H2,1-3H3. The Kier molecular flexibility index (Phi) is 4.25. The number of allylic oxidation sites excluding steroid dienone is 1. The summed E-state index contributed by atoms with van der Waals surface area (Å²) in [6.45, 7) is 2.56. The van der Waals surface area contributed by atoms with E-state index in [0.29, 0.717) is 5.57 Å². The molecule has 79 valence electrons. The molecule has 0 N–H and O–H groups in total. The summed E-state index contributed by atoms with van der Waals surface area (Å²) in [5.74, 6) is 0. The first-order chi connectivity index (χ1) is 7.15. The zero-order valence-corrected chi connectivity index (χ0v) is 9.45. The molecule has 1 rings (SSSR count). The number of nitrogens with zero attached hydrogens (tertiary/aromatic N) is 1. The fourth-order valence-corrected chi connectivity index (χ4v) is 1.44. The van der Waals surface area contributed by atoms with Gasteiger partial charge in [0, 0.05) is 12.1 Å². The molecule has 1 radical (unpaired) electrons. The summed E-state index contributed by atoms with van der Waals surface area (Å²) in [5.41, 5.74) is 2.80. The van der Waals surface area contributed by atoms with E-state index < -0.39 is 0 Å². The van der Waals surface area contributed by atoms with Gasteiger partial charge in [-0.2, -0.15) is 0 Å². The Balaban J connectivity index is 3.08. The number of rotatable bonds is 4. The molecule has 0 atom stereocenters. The van der Waals surface area contributed by atoms with Gasteiger partial charge >= 0.3 is 0 Å². The number of carbonyl (C=O) groups excluding carboxylic acids is 1. The van der Waals surface area contributed by atoms with Crippen molar-refractivity contribution in [1.29, 1.82) is 0 Å². The minimum atomic E-state index is 0.676. The van der Waals surface area contributed by atoms with Crippen LogP contribution in [0.15, 0.2) is 35.9 Å². The van der Waals surface area contributed by atoms with Gasteiger partial charge in [0.2, 0.25) is 6.29 Å². The quantitative estimate of drug-likeness (QED) is 0.697. The summed E-state index contributed by atoms with van der Waals surface area (Å²) < 4.78 is 0. The van der Waals surface area contributed by atoms with Crippen LogP contribution in [0.5, 0.6) is 0 Å². The molecule has 1 aromatic rings. The predicted molar refractivity (Wildman–Crippen MR) is 63.3 cm³/mol. The van der Waals surface area contributed by atoms with Gasteiger partial charge in [0.15, 0.2) is 0 Å². The zero-order chi connectivity index (χ0) is 11.3. The summed E-state index contributed by atoms with van der Waals surface area (Å²) in [6.07, 6.45) is 1.97. The SMILES string of the molecule is CC([C]=O)=C(CN(C)C)c1ccccc1. The molecule has 1 aromatic carbocycles. The van der Waals surface area contributed by atoms with Crippen LogP contribution >= 0.6 is 0 Å². The summed E-state index contributed by atoms with van der Waals surface area (Å²) in [6, 6.07) is 9.95. The lowest BCUT2D eigenvalue weighted by Crippen LogP contribution is -2.15. The topological polar surface area (TPSA) is 20.3 Å². The van der Waals surface area contributed by atoms with E-state index in [1.54, 1.807) is 6.92 Å². The van der Waals surface area contributed by atoms with Crippen LogP contribution in [-0.4, -0.2) is 31.8 Å². The van der Waals surface area contributed by atoms with E-state index in [-0.39, 0.29) is 0 Å². The van der Waals surface area contributed by atoms with Crippen LogP contribution in [0.4, 0.5) is 0 Å². The molecule has 0 aliphatic heterocycles. The van der Waals surface area contributed by atoms with Crippen molar-refractivity contribution in [2.75, 3.05) is 20.6 Å². The fourth-order valence-electron chi connectivity index (χ4n) is 1.44. The monoisotopic (exact) mass is 202 g/mol. The molecule has 0 amide bonds.